The van der Waals surface area contributed by atoms with Crippen LogP contribution < -0.4 is 4.74 Å². The van der Waals surface area contributed by atoms with Gasteiger partial charge in [-0.05, 0) is 35.2 Å². The molecule has 0 atom stereocenters. The lowest BCUT2D eigenvalue weighted by molar-refractivity contribution is 0.414. The molecule has 0 fully saturated rings. The Morgan fingerprint density at radius 1 is 0.783 bits per heavy atom. The molecule has 0 amide bonds. The normalized spacial score (nSPS) is 11.0. The number of hydrogen-bond donors (Lipinski definition) is 0. The first-order valence-corrected chi connectivity index (χ1v) is 7.62. The minimum Gasteiger partial charge on any atom is -0.497 e. The Morgan fingerprint density at radius 3 is 1.61 bits per heavy atom. The van der Waals surface area contributed by atoms with Gasteiger partial charge in [-0.2, -0.15) is 0 Å². The summed E-state index contributed by atoms with van der Waals surface area (Å²) in [6.07, 6.45) is 0. The number of rotatable bonds is 5. The van der Waals surface area contributed by atoms with Gasteiger partial charge in [-0.1, -0.05) is 58.2 Å². The van der Waals surface area contributed by atoms with Crippen molar-refractivity contribution in [3.8, 4) is 5.75 Å². The average molecular weight is 308 g/mol. The quantitative estimate of drug-likeness (QED) is 0.664. The predicted molar refractivity (Wildman–Crippen MR) is 97.3 cm³/mol. The van der Waals surface area contributed by atoms with E-state index in [4.69, 9.17) is 9.47 Å². The Hall–Kier alpha value is -2.48. The monoisotopic (exact) mass is 308 g/mol. The fourth-order valence-corrected chi connectivity index (χ4v) is 2.20. The van der Waals surface area contributed by atoms with E-state index in [1.165, 1.54) is 5.56 Å². The summed E-state index contributed by atoms with van der Waals surface area (Å²) in [5.74, 6) is 1.96. The first kappa shape index (κ1) is 16.9. The summed E-state index contributed by atoms with van der Waals surface area (Å²) < 4.78 is 10.9. The van der Waals surface area contributed by atoms with Crippen LogP contribution in [0.1, 0.15) is 37.5 Å². The van der Waals surface area contributed by atoms with Crippen LogP contribution in [0.15, 0.2) is 61.7 Å². The molecule has 2 aromatic carbocycles. The molecule has 23 heavy (non-hydrogen) atoms. The molecule has 120 valence electrons. The predicted octanol–water partition coefficient (Wildman–Crippen LogP) is 5.65. The Bertz CT molecular complexity index is 686. The molecule has 0 bridgehead atoms. The Morgan fingerprint density at radius 2 is 1.22 bits per heavy atom. The number of ether oxygens (including phenoxy) is 2. The van der Waals surface area contributed by atoms with Crippen LogP contribution in [0.2, 0.25) is 0 Å². The summed E-state index contributed by atoms with van der Waals surface area (Å²) in [4.78, 5) is 0. The van der Waals surface area contributed by atoms with Gasteiger partial charge < -0.3 is 9.47 Å². The molecule has 2 aromatic rings. The average Bonchev–Trinajstić information content (AvgIpc) is 2.54. The minimum absolute atomic E-state index is 0.132. The van der Waals surface area contributed by atoms with Crippen molar-refractivity contribution in [1.82, 2.24) is 0 Å². The van der Waals surface area contributed by atoms with Gasteiger partial charge in [0.05, 0.1) is 7.11 Å². The van der Waals surface area contributed by atoms with Crippen molar-refractivity contribution in [3.05, 3.63) is 78.4 Å². The van der Waals surface area contributed by atoms with Gasteiger partial charge in [0.25, 0.3) is 0 Å². The molecular formula is C21H24O2. The van der Waals surface area contributed by atoms with E-state index in [1.807, 2.05) is 36.4 Å². The molecule has 0 aliphatic carbocycles. The maximum atomic E-state index is 5.79. The third-order valence-electron chi connectivity index (χ3n) is 3.73. The van der Waals surface area contributed by atoms with E-state index in [2.05, 4.69) is 46.1 Å². The van der Waals surface area contributed by atoms with E-state index in [1.54, 1.807) is 7.11 Å². The molecule has 0 unspecified atom stereocenters. The zero-order valence-corrected chi connectivity index (χ0v) is 14.3. The lowest BCUT2D eigenvalue weighted by Crippen LogP contribution is -2.10. The van der Waals surface area contributed by atoms with Gasteiger partial charge in [-0.25, -0.2) is 0 Å². The van der Waals surface area contributed by atoms with Crippen LogP contribution in [-0.2, 0) is 10.2 Å². The van der Waals surface area contributed by atoms with E-state index < -0.39 is 0 Å². The molecule has 0 N–H and O–H groups in total. The zero-order valence-electron chi connectivity index (χ0n) is 14.3. The third-order valence-corrected chi connectivity index (χ3v) is 3.73. The first-order valence-electron chi connectivity index (χ1n) is 7.62. The van der Waals surface area contributed by atoms with E-state index in [9.17, 15) is 0 Å². The van der Waals surface area contributed by atoms with Crippen LogP contribution in [0.25, 0.3) is 11.5 Å². The fourth-order valence-electron chi connectivity index (χ4n) is 2.20. The van der Waals surface area contributed by atoms with Crippen molar-refractivity contribution in [2.75, 3.05) is 7.11 Å². The highest BCUT2D eigenvalue weighted by atomic mass is 16.5. The van der Waals surface area contributed by atoms with Gasteiger partial charge in [-0.3, -0.25) is 0 Å². The molecule has 0 heterocycles. The topological polar surface area (TPSA) is 18.5 Å². The molecule has 2 heteroatoms. The number of hydrogen-bond acceptors (Lipinski definition) is 2. The summed E-state index contributed by atoms with van der Waals surface area (Å²) in [6, 6.07) is 15.9. The van der Waals surface area contributed by atoms with Crippen LogP contribution in [0.4, 0.5) is 0 Å². The zero-order chi connectivity index (χ0) is 17.0. The molecule has 0 saturated heterocycles. The molecule has 0 radical (unpaired) electrons. The molecule has 0 aliphatic rings. The summed E-state index contributed by atoms with van der Waals surface area (Å²) in [6.45, 7) is 14.6. The maximum absolute atomic E-state index is 5.79. The fraction of sp³-hybridized carbons (Fsp3) is 0.238. The third kappa shape index (κ3) is 4.26. The second-order valence-corrected chi connectivity index (χ2v) is 6.50. The van der Waals surface area contributed by atoms with Crippen LogP contribution in [0, 0.1) is 0 Å². The van der Waals surface area contributed by atoms with Gasteiger partial charge in [0.2, 0.25) is 0 Å². The van der Waals surface area contributed by atoms with Crippen molar-refractivity contribution in [2.24, 2.45) is 0 Å². The molecule has 2 rings (SSSR count). The van der Waals surface area contributed by atoms with Crippen molar-refractivity contribution in [3.63, 3.8) is 0 Å². The van der Waals surface area contributed by atoms with E-state index in [-0.39, 0.29) is 5.41 Å². The van der Waals surface area contributed by atoms with E-state index in [0.717, 1.165) is 16.9 Å². The van der Waals surface area contributed by atoms with Crippen LogP contribution >= 0.6 is 0 Å². The van der Waals surface area contributed by atoms with Gasteiger partial charge in [0.1, 0.15) is 17.3 Å². The van der Waals surface area contributed by atoms with E-state index >= 15 is 0 Å². The van der Waals surface area contributed by atoms with Crippen molar-refractivity contribution < 1.29 is 9.47 Å². The Labute approximate surface area is 139 Å². The summed E-state index contributed by atoms with van der Waals surface area (Å²) in [5, 5.41) is 0. The van der Waals surface area contributed by atoms with Crippen molar-refractivity contribution in [1.29, 1.82) is 0 Å². The molecule has 0 spiro atoms. The number of methoxy groups -OCH3 is 1. The second-order valence-electron chi connectivity index (χ2n) is 6.50. The highest BCUT2D eigenvalue weighted by molar-refractivity contribution is 5.68. The largest absolute Gasteiger partial charge is 0.497 e. The molecule has 2 nitrogen and oxygen atoms in total. The van der Waals surface area contributed by atoms with Crippen LogP contribution in [0.3, 0.4) is 0 Å². The maximum Gasteiger partial charge on any atom is 0.127 e. The van der Waals surface area contributed by atoms with Crippen molar-refractivity contribution in [2.45, 2.75) is 26.2 Å². The summed E-state index contributed by atoms with van der Waals surface area (Å²) in [5.41, 5.74) is 3.27. The molecule has 0 aliphatic heterocycles. The highest BCUT2D eigenvalue weighted by Gasteiger charge is 2.13. The minimum atomic E-state index is 0.132. The standard InChI is InChI=1S/C21H24O2/c1-15(17-7-11-19(12-8-17)21(3,4)5)23-16(2)18-9-13-20(22-6)14-10-18/h7-14H,1-2H2,3-6H3. The van der Waals surface area contributed by atoms with Gasteiger partial charge in [0, 0.05) is 11.1 Å². The summed E-state index contributed by atoms with van der Waals surface area (Å²) >= 11 is 0. The van der Waals surface area contributed by atoms with Gasteiger partial charge in [0.15, 0.2) is 0 Å². The number of benzene rings is 2. The van der Waals surface area contributed by atoms with Gasteiger partial charge in [-0.15, -0.1) is 0 Å². The summed E-state index contributed by atoms with van der Waals surface area (Å²) in [7, 11) is 1.64. The first-order chi connectivity index (χ1) is 10.8. The lowest BCUT2D eigenvalue weighted by Gasteiger charge is -2.19. The molecule has 0 aromatic heterocycles. The SMILES string of the molecule is C=C(OC(=C)c1ccc(C(C)(C)C)cc1)c1ccc(OC)cc1. The van der Waals surface area contributed by atoms with E-state index in [0.29, 0.717) is 11.5 Å². The molecule has 0 saturated carbocycles. The Kier molecular flexibility index (Phi) is 4.95. The highest BCUT2D eigenvalue weighted by Crippen LogP contribution is 2.27. The molecular weight excluding hydrogens is 284 g/mol. The van der Waals surface area contributed by atoms with Crippen LogP contribution in [0.5, 0.6) is 5.75 Å². The smallest absolute Gasteiger partial charge is 0.127 e. The lowest BCUT2D eigenvalue weighted by atomic mass is 9.86. The van der Waals surface area contributed by atoms with Crippen LogP contribution in [-0.4, -0.2) is 7.11 Å². The van der Waals surface area contributed by atoms with Crippen molar-refractivity contribution >= 4 is 11.5 Å². The van der Waals surface area contributed by atoms with Gasteiger partial charge >= 0.3 is 0 Å². The Balaban J connectivity index is 2.07. The second kappa shape index (κ2) is 6.74.